The Kier molecular flexibility index (Phi) is 5.13. The summed E-state index contributed by atoms with van der Waals surface area (Å²) in [5, 5.41) is 3.35. The molecule has 1 aromatic rings. The van der Waals surface area contributed by atoms with E-state index < -0.39 is 10.0 Å². The lowest BCUT2D eigenvalue weighted by molar-refractivity contribution is -0.150. The monoisotopic (exact) mass is 446 g/mol. The zero-order valence-corrected chi connectivity index (χ0v) is 19.4. The van der Waals surface area contributed by atoms with Crippen LogP contribution in [0.3, 0.4) is 0 Å². The Morgan fingerprint density at radius 3 is 2.23 bits per heavy atom. The maximum absolute atomic E-state index is 13.7. The van der Waals surface area contributed by atoms with Gasteiger partial charge in [-0.1, -0.05) is 12.1 Å². The van der Waals surface area contributed by atoms with E-state index in [-0.39, 0.29) is 22.8 Å². The molecule has 1 N–H and O–H groups in total. The van der Waals surface area contributed by atoms with Crippen molar-refractivity contribution in [1.82, 2.24) is 9.62 Å². The SMILES string of the molecule is COc1ccc(C23CC4CC(CC(C(=O)NC5CCN(S(C)(=O)=O)CC5)(C4)C2)C3)cc1. The third kappa shape index (κ3) is 3.78. The molecule has 2 atom stereocenters. The summed E-state index contributed by atoms with van der Waals surface area (Å²) in [6.07, 6.45) is 9.27. The van der Waals surface area contributed by atoms with Crippen molar-refractivity contribution < 1.29 is 17.9 Å². The highest BCUT2D eigenvalue weighted by Crippen LogP contribution is 2.65. The maximum Gasteiger partial charge on any atom is 0.226 e. The van der Waals surface area contributed by atoms with Crippen molar-refractivity contribution in [3.8, 4) is 5.75 Å². The molecule has 4 aliphatic carbocycles. The molecule has 1 amide bonds. The van der Waals surface area contributed by atoms with Crippen molar-refractivity contribution in [3.63, 3.8) is 0 Å². The van der Waals surface area contributed by atoms with Gasteiger partial charge in [0.1, 0.15) is 5.75 Å². The van der Waals surface area contributed by atoms with Crippen LogP contribution in [0.2, 0.25) is 0 Å². The molecule has 6 nitrogen and oxygen atoms in total. The third-order valence-corrected chi connectivity index (χ3v) is 9.81. The van der Waals surface area contributed by atoms with Gasteiger partial charge in [-0.3, -0.25) is 4.79 Å². The van der Waals surface area contributed by atoms with Crippen molar-refractivity contribution in [2.75, 3.05) is 26.5 Å². The minimum absolute atomic E-state index is 0.0791. The quantitative estimate of drug-likeness (QED) is 0.754. The summed E-state index contributed by atoms with van der Waals surface area (Å²) >= 11 is 0. The first-order valence-electron chi connectivity index (χ1n) is 11.6. The van der Waals surface area contributed by atoms with E-state index in [9.17, 15) is 13.2 Å². The minimum atomic E-state index is -3.15. The molecule has 7 heteroatoms. The fraction of sp³-hybridized carbons (Fsp3) is 0.708. The number of ether oxygens (including phenoxy) is 1. The van der Waals surface area contributed by atoms with Crippen LogP contribution in [0.25, 0.3) is 0 Å². The first kappa shape index (κ1) is 21.3. The van der Waals surface area contributed by atoms with Crippen molar-refractivity contribution in [2.24, 2.45) is 17.3 Å². The van der Waals surface area contributed by atoms with E-state index in [1.54, 1.807) is 7.11 Å². The van der Waals surface area contributed by atoms with Crippen molar-refractivity contribution in [2.45, 2.75) is 62.8 Å². The molecular formula is C24H34N2O4S. The number of carbonyl (C=O) groups is 1. The predicted molar refractivity (Wildman–Crippen MR) is 119 cm³/mol. The van der Waals surface area contributed by atoms with Gasteiger partial charge in [-0.2, -0.15) is 0 Å². The average Bonchev–Trinajstić information content (AvgIpc) is 2.72. The Hall–Kier alpha value is -1.60. The highest BCUT2D eigenvalue weighted by molar-refractivity contribution is 7.88. The summed E-state index contributed by atoms with van der Waals surface area (Å²) in [7, 11) is -1.45. The first-order valence-corrected chi connectivity index (χ1v) is 13.5. The van der Waals surface area contributed by atoms with E-state index in [2.05, 4.69) is 29.6 Å². The number of amides is 1. The largest absolute Gasteiger partial charge is 0.497 e. The van der Waals surface area contributed by atoms with Gasteiger partial charge in [-0.25, -0.2) is 12.7 Å². The fourth-order valence-corrected chi connectivity index (χ4v) is 8.35. The number of benzene rings is 1. The van der Waals surface area contributed by atoms with Crippen LogP contribution >= 0.6 is 0 Å². The number of nitrogens with one attached hydrogen (secondary N) is 1. The van der Waals surface area contributed by atoms with Gasteiger partial charge in [0.05, 0.1) is 18.8 Å². The predicted octanol–water partition coefficient (Wildman–Crippen LogP) is 3.07. The molecule has 1 heterocycles. The Balaban J connectivity index is 1.33. The summed E-state index contributed by atoms with van der Waals surface area (Å²) < 4.78 is 30.5. The molecule has 1 saturated heterocycles. The summed E-state index contributed by atoms with van der Waals surface area (Å²) in [6, 6.07) is 8.60. The van der Waals surface area contributed by atoms with E-state index >= 15 is 0 Å². The van der Waals surface area contributed by atoms with Crippen molar-refractivity contribution >= 4 is 15.9 Å². The fourth-order valence-electron chi connectivity index (χ4n) is 7.48. The smallest absolute Gasteiger partial charge is 0.226 e. The maximum atomic E-state index is 13.7. The number of rotatable bonds is 5. The molecule has 0 spiro atoms. The number of nitrogens with zero attached hydrogens (tertiary/aromatic N) is 1. The Morgan fingerprint density at radius 1 is 1.06 bits per heavy atom. The van der Waals surface area contributed by atoms with Crippen molar-refractivity contribution in [1.29, 1.82) is 0 Å². The molecule has 170 valence electrons. The Labute approximate surface area is 185 Å². The minimum Gasteiger partial charge on any atom is -0.497 e. The first-order chi connectivity index (χ1) is 14.7. The summed E-state index contributed by atoms with van der Waals surface area (Å²) in [5.74, 6) is 2.35. The van der Waals surface area contributed by atoms with Crippen LogP contribution in [0.1, 0.15) is 56.9 Å². The van der Waals surface area contributed by atoms with Gasteiger partial charge in [-0.15, -0.1) is 0 Å². The van der Waals surface area contributed by atoms with Crippen molar-refractivity contribution in [3.05, 3.63) is 29.8 Å². The lowest BCUT2D eigenvalue weighted by Crippen LogP contribution is -2.60. The Morgan fingerprint density at radius 2 is 1.68 bits per heavy atom. The van der Waals surface area contributed by atoms with Gasteiger partial charge in [0.2, 0.25) is 15.9 Å². The normalized spacial score (nSPS) is 35.8. The van der Waals surface area contributed by atoms with Gasteiger partial charge in [0, 0.05) is 19.1 Å². The van der Waals surface area contributed by atoms with Crippen LogP contribution in [0, 0.1) is 17.3 Å². The second kappa shape index (κ2) is 7.48. The third-order valence-electron chi connectivity index (χ3n) is 8.50. The summed E-state index contributed by atoms with van der Waals surface area (Å²) in [6.45, 7) is 0.996. The molecule has 4 bridgehead atoms. The van der Waals surface area contributed by atoms with E-state index in [1.165, 1.54) is 35.4 Å². The van der Waals surface area contributed by atoms with Crippen LogP contribution in [0.4, 0.5) is 0 Å². The zero-order chi connectivity index (χ0) is 21.9. The highest BCUT2D eigenvalue weighted by Gasteiger charge is 2.61. The second-order valence-corrected chi connectivity index (χ2v) is 12.6. The van der Waals surface area contributed by atoms with Gasteiger partial charge in [0.15, 0.2) is 0 Å². The van der Waals surface area contributed by atoms with E-state index in [0.717, 1.165) is 25.0 Å². The lowest BCUT2D eigenvalue weighted by atomic mass is 9.42. The van der Waals surface area contributed by atoms with Crippen LogP contribution in [0.15, 0.2) is 24.3 Å². The molecule has 2 unspecified atom stereocenters. The molecule has 31 heavy (non-hydrogen) atoms. The topological polar surface area (TPSA) is 75.7 Å². The van der Waals surface area contributed by atoms with Crippen LogP contribution in [0.5, 0.6) is 5.75 Å². The number of hydrogen-bond acceptors (Lipinski definition) is 4. The number of sulfonamides is 1. The van der Waals surface area contributed by atoms with Gasteiger partial charge in [-0.05, 0) is 86.3 Å². The van der Waals surface area contributed by atoms with Gasteiger partial charge in [0.25, 0.3) is 0 Å². The van der Waals surface area contributed by atoms with Crippen LogP contribution in [-0.4, -0.2) is 51.1 Å². The van der Waals surface area contributed by atoms with Gasteiger partial charge < -0.3 is 10.1 Å². The number of methoxy groups -OCH3 is 1. The zero-order valence-electron chi connectivity index (χ0n) is 18.6. The highest BCUT2D eigenvalue weighted by atomic mass is 32.2. The molecule has 0 radical (unpaired) electrons. The van der Waals surface area contributed by atoms with Crippen LogP contribution < -0.4 is 10.1 Å². The standard InChI is InChI=1S/C24H34N2O4S/c1-30-21-5-3-19(4-6-21)23-12-17-11-18(13-23)15-24(14-17,16-23)22(27)25-20-7-9-26(10-8-20)31(2,28)29/h3-6,17-18,20H,7-16H2,1-2H3,(H,25,27). The summed E-state index contributed by atoms with van der Waals surface area (Å²) in [4.78, 5) is 13.7. The molecule has 5 aliphatic rings. The van der Waals surface area contributed by atoms with E-state index in [0.29, 0.717) is 37.8 Å². The number of hydrogen-bond donors (Lipinski definition) is 1. The van der Waals surface area contributed by atoms with Gasteiger partial charge >= 0.3 is 0 Å². The van der Waals surface area contributed by atoms with E-state index in [4.69, 9.17) is 4.74 Å². The molecule has 6 rings (SSSR count). The van der Waals surface area contributed by atoms with E-state index in [1.807, 2.05) is 0 Å². The lowest BCUT2D eigenvalue weighted by Gasteiger charge is -2.61. The average molecular weight is 447 g/mol. The molecule has 0 aromatic heterocycles. The van der Waals surface area contributed by atoms with Crippen LogP contribution in [-0.2, 0) is 20.2 Å². The molecule has 1 aromatic carbocycles. The number of carbonyl (C=O) groups excluding carboxylic acids is 1. The second-order valence-electron chi connectivity index (χ2n) is 10.7. The molecular weight excluding hydrogens is 412 g/mol. The number of piperidine rings is 1. The Bertz CT molecular complexity index is 936. The molecule has 5 fully saturated rings. The summed E-state index contributed by atoms with van der Waals surface area (Å²) in [5.41, 5.74) is 1.20. The molecule has 4 saturated carbocycles. The molecule has 1 aliphatic heterocycles.